The van der Waals surface area contributed by atoms with Crippen LogP contribution in [0.3, 0.4) is 0 Å². The van der Waals surface area contributed by atoms with Gasteiger partial charge in [0.15, 0.2) is 0 Å². The monoisotopic (exact) mass is 228 g/mol. The van der Waals surface area contributed by atoms with E-state index in [1.54, 1.807) is 0 Å². The highest BCUT2D eigenvalue weighted by atomic mass is 15.2. The van der Waals surface area contributed by atoms with E-state index in [-0.39, 0.29) is 0 Å². The summed E-state index contributed by atoms with van der Waals surface area (Å²) in [5.41, 5.74) is 8.91. The Kier molecular flexibility index (Phi) is 2.79. The van der Waals surface area contributed by atoms with Crippen LogP contribution >= 0.6 is 0 Å². The molecule has 1 fully saturated rings. The molecular weight excluding hydrogens is 208 g/mol. The molecule has 1 heterocycles. The van der Waals surface area contributed by atoms with E-state index in [1.807, 2.05) is 0 Å². The van der Waals surface area contributed by atoms with Crippen LogP contribution in [0.2, 0.25) is 0 Å². The van der Waals surface area contributed by atoms with Gasteiger partial charge in [0.05, 0.1) is 5.82 Å². The summed E-state index contributed by atoms with van der Waals surface area (Å²) < 4.78 is 0. The van der Waals surface area contributed by atoms with E-state index in [4.69, 9.17) is 5.73 Å². The molecule has 1 aromatic rings. The quantitative estimate of drug-likeness (QED) is 0.800. The maximum atomic E-state index is 6.21. The molecule has 0 bridgehead atoms. The molecule has 2 aliphatic rings. The Morgan fingerprint density at radius 1 is 1.06 bits per heavy atom. The summed E-state index contributed by atoms with van der Waals surface area (Å²) >= 11 is 0. The Morgan fingerprint density at radius 3 is 2.65 bits per heavy atom. The maximum Gasteiger partial charge on any atom is 0.0998 e. The first-order valence-corrected chi connectivity index (χ1v) is 6.66. The van der Waals surface area contributed by atoms with E-state index < -0.39 is 0 Å². The molecule has 0 aromatic heterocycles. The third-order valence-electron chi connectivity index (χ3n) is 4.05. The topological polar surface area (TPSA) is 29.3 Å². The minimum absolute atomic E-state index is 0.661. The second-order valence-corrected chi connectivity index (χ2v) is 5.19. The fourth-order valence-corrected chi connectivity index (χ4v) is 3.07. The third-order valence-corrected chi connectivity index (χ3v) is 4.05. The van der Waals surface area contributed by atoms with E-state index >= 15 is 0 Å². The molecule has 0 unspecified atom stereocenters. The first-order chi connectivity index (χ1) is 8.34. The van der Waals surface area contributed by atoms with E-state index in [0.29, 0.717) is 6.04 Å². The second kappa shape index (κ2) is 4.44. The minimum atomic E-state index is 0.661. The number of hydrogen-bond donors (Lipinski definition) is 1. The van der Waals surface area contributed by atoms with Crippen molar-refractivity contribution in [2.75, 3.05) is 0 Å². The SMILES string of the molecule is NC1=Cc2ccccc2CN1C1CCCCC1. The number of rotatable bonds is 1. The van der Waals surface area contributed by atoms with Gasteiger partial charge in [-0.3, -0.25) is 0 Å². The Labute approximate surface area is 103 Å². The molecule has 3 rings (SSSR count). The molecule has 1 aromatic carbocycles. The van der Waals surface area contributed by atoms with Crippen molar-refractivity contribution in [1.82, 2.24) is 4.90 Å². The summed E-state index contributed by atoms with van der Waals surface area (Å²) in [5.74, 6) is 0.954. The van der Waals surface area contributed by atoms with Crippen LogP contribution in [-0.4, -0.2) is 10.9 Å². The summed E-state index contributed by atoms with van der Waals surface area (Å²) in [4.78, 5) is 2.40. The number of hydrogen-bond acceptors (Lipinski definition) is 2. The Bertz CT molecular complexity index is 430. The van der Waals surface area contributed by atoms with Gasteiger partial charge in [-0.2, -0.15) is 0 Å². The van der Waals surface area contributed by atoms with E-state index in [1.165, 1.54) is 43.2 Å². The van der Waals surface area contributed by atoms with Crippen LogP contribution in [0.5, 0.6) is 0 Å². The highest BCUT2D eigenvalue weighted by Crippen LogP contribution is 2.30. The van der Waals surface area contributed by atoms with Crippen molar-refractivity contribution in [3.05, 3.63) is 41.2 Å². The van der Waals surface area contributed by atoms with Gasteiger partial charge in [-0.25, -0.2) is 0 Å². The van der Waals surface area contributed by atoms with Crippen LogP contribution in [-0.2, 0) is 6.54 Å². The lowest BCUT2D eigenvalue weighted by Gasteiger charge is -2.38. The zero-order valence-corrected chi connectivity index (χ0v) is 10.2. The lowest BCUT2D eigenvalue weighted by molar-refractivity contribution is 0.190. The largest absolute Gasteiger partial charge is 0.385 e. The van der Waals surface area contributed by atoms with Crippen molar-refractivity contribution < 1.29 is 0 Å². The van der Waals surface area contributed by atoms with Crippen LogP contribution in [0, 0.1) is 0 Å². The van der Waals surface area contributed by atoms with Crippen LogP contribution in [0.15, 0.2) is 30.1 Å². The van der Waals surface area contributed by atoms with Gasteiger partial charge < -0.3 is 10.6 Å². The van der Waals surface area contributed by atoms with Crippen molar-refractivity contribution in [1.29, 1.82) is 0 Å². The highest BCUT2D eigenvalue weighted by Gasteiger charge is 2.24. The second-order valence-electron chi connectivity index (χ2n) is 5.19. The van der Waals surface area contributed by atoms with Gasteiger partial charge in [-0.15, -0.1) is 0 Å². The molecule has 1 saturated carbocycles. The van der Waals surface area contributed by atoms with Crippen LogP contribution in [0.1, 0.15) is 43.2 Å². The highest BCUT2D eigenvalue weighted by molar-refractivity contribution is 5.58. The van der Waals surface area contributed by atoms with Gasteiger partial charge in [0.25, 0.3) is 0 Å². The molecule has 0 atom stereocenters. The molecule has 0 spiro atoms. The van der Waals surface area contributed by atoms with Crippen molar-refractivity contribution in [3.63, 3.8) is 0 Å². The van der Waals surface area contributed by atoms with Crippen molar-refractivity contribution in [2.24, 2.45) is 5.73 Å². The van der Waals surface area contributed by atoms with Gasteiger partial charge in [-0.05, 0) is 30.0 Å². The van der Waals surface area contributed by atoms with Crippen molar-refractivity contribution in [3.8, 4) is 0 Å². The smallest absolute Gasteiger partial charge is 0.0998 e. The van der Waals surface area contributed by atoms with E-state index in [0.717, 1.165) is 12.4 Å². The molecule has 0 amide bonds. The molecule has 1 aliphatic carbocycles. The predicted octanol–water partition coefficient (Wildman–Crippen LogP) is 3.09. The summed E-state index contributed by atoms with van der Waals surface area (Å²) in [6.07, 6.45) is 8.84. The van der Waals surface area contributed by atoms with Crippen LogP contribution in [0.25, 0.3) is 6.08 Å². The molecule has 2 N–H and O–H groups in total. The standard InChI is InChI=1S/C15H20N2/c16-15-10-12-6-4-5-7-13(12)11-17(15)14-8-2-1-3-9-14/h4-7,10,14H,1-3,8-9,11,16H2. The van der Waals surface area contributed by atoms with Gasteiger partial charge in [0, 0.05) is 12.6 Å². The molecular formula is C15H20N2. The van der Waals surface area contributed by atoms with Gasteiger partial charge >= 0.3 is 0 Å². The van der Waals surface area contributed by atoms with Crippen molar-refractivity contribution >= 4 is 6.08 Å². The fourth-order valence-electron chi connectivity index (χ4n) is 3.07. The zero-order chi connectivity index (χ0) is 11.7. The molecule has 1 aliphatic heterocycles. The summed E-state index contributed by atoms with van der Waals surface area (Å²) in [6, 6.07) is 9.23. The Morgan fingerprint density at radius 2 is 1.82 bits per heavy atom. The fraction of sp³-hybridized carbons (Fsp3) is 0.467. The first kappa shape index (κ1) is 10.7. The first-order valence-electron chi connectivity index (χ1n) is 6.66. The summed E-state index contributed by atoms with van der Waals surface area (Å²) in [7, 11) is 0. The lowest BCUT2D eigenvalue weighted by atomic mass is 9.92. The maximum absolute atomic E-state index is 6.21. The summed E-state index contributed by atoms with van der Waals surface area (Å²) in [5, 5.41) is 0. The average Bonchev–Trinajstić information content (AvgIpc) is 2.39. The molecule has 0 saturated heterocycles. The van der Waals surface area contributed by atoms with Gasteiger partial charge in [0.2, 0.25) is 0 Å². The van der Waals surface area contributed by atoms with E-state index in [2.05, 4.69) is 35.2 Å². The Hall–Kier alpha value is -1.44. The predicted molar refractivity (Wildman–Crippen MR) is 71.0 cm³/mol. The minimum Gasteiger partial charge on any atom is -0.385 e. The molecule has 0 radical (unpaired) electrons. The molecule has 17 heavy (non-hydrogen) atoms. The van der Waals surface area contributed by atoms with Crippen molar-refractivity contribution in [2.45, 2.75) is 44.7 Å². The van der Waals surface area contributed by atoms with Crippen LogP contribution in [0.4, 0.5) is 0 Å². The number of fused-ring (bicyclic) bond motifs is 1. The summed E-state index contributed by atoms with van der Waals surface area (Å²) in [6.45, 7) is 0.989. The average molecular weight is 228 g/mol. The zero-order valence-electron chi connectivity index (χ0n) is 10.2. The molecule has 90 valence electrons. The third kappa shape index (κ3) is 2.04. The lowest BCUT2D eigenvalue weighted by Crippen LogP contribution is -2.39. The Balaban J connectivity index is 1.85. The number of nitrogens with two attached hydrogens (primary N) is 1. The van der Waals surface area contributed by atoms with Gasteiger partial charge in [-0.1, -0.05) is 43.5 Å². The molecule has 2 heteroatoms. The number of nitrogens with zero attached hydrogens (tertiary/aromatic N) is 1. The van der Waals surface area contributed by atoms with E-state index in [9.17, 15) is 0 Å². The van der Waals surface area contributed by atoms with Crippen LogP contribution < -0.4 is 5.73 Å². The molecule has 2 nitrogen and oxygen atoms in total. The normalized spacial score (nSPS) is 20.9. The number of benzene rings is 1. The van der Waals surface area contributed by atoms with Gasteiger partial charge in [0.1, 0.15) is 0 Å².